The molecule has 0 N–H and O–H groups in total. The second kappa shape index (κ2) is 5.77. The van der Waals surface area contributed by atoms with Gasteiger partial charge in [-0.25, -0.2) is 9.97 Å². The summed E-state index contributed by atoms with van der Waals surface area (Å²) in [6, 6.07) is 6.30. The summed E-state index contributed by atoms with van der Waals surface area (Å²) in [4.78, 5) is 8.45. The Hall–Kier alpha value is -1.01. The summed E-state index contributed by atoms with van der Waals surface area (Å²) in [5, 5.41) is 1.10. The Morgan fingerprint density at radius 1 is 1.27 bits per heavy atom. The zero-order valence-corrected chi connectivity index (χ0v) is 10.6. The first-order valence-electron chi connectivity index (χ1n) is 5.31. The van der Waals surface area contributed by atoms with Gasteiger partial charge in [0.1, 0.15) is 5.57 Å². The summed E-state index contributed by atoms with van der Waals surface area (Å²) >= 11 is 0. The third-order valence-electron chi connectivity index (χ3n) is 2.07. The van der Waals surface area contributed by atoms with Gasteiger partial charge in [0.15, 0.2) is 0 Å². The molecule has 1 heterocycles. The van der Waals surface area contributed by atoms with Gasteiger partial charge in [0.25, 0.3) is 0 Å². The Bertz CT molecular complexity index is 441. The molecule has 15 heavy (non-hydrogen) atoms. The zero-order chi connectivity index (χ0) is 11.3. The average Bonchev–Trinajstić information content (AvgIpc) is 2.30. The topological polar surface area (TPSA) is 25.8 Å². The predicted octanol–water partition coefficient (Wildman–Crippen LogP) is 2.72. The van der Waals surface area contributed by atoms with Crippen LogP contribution in [0.5, 0.6) is 0 Å². The molecule has 80 valence electrons. The highest BCUT2D eigenvalue weighted by atomic mass is 31.0. The predicted molar refractivity (Wildman–Crippen MR) is 69.6 cm³/mol. The summed E-state index contributed by atoms with van der Waals surface area (Å²) in [6.45, 7) is 6.14. The fraction of sp³-hybridized carbons (Fsp3) is 0.333. The third kappa shape index (κ3) is 2.97. The maximum Gasteiger partial charge on any atom is 0.145 e. The van der Waals surface area contributed by atoms with Crippen LogP contribution in [0.2, 0.25) is 0 Å². The van der Waals surface area contributed by atoms with E-state index in [0.29, 0.717) is 0 Å². The number of rotatable bonds is 1. The number of nitrogens with zero attached hydrogens (tertiary/aromatic N) is 2. The Morgan fingerprint density at radius 2 is 2.00 bits per heavy atom. The van der Waals surface area contributed by atoms with Gasteiger partial charge in [0.05, 0.1) is 5.52 Å². The summed E-state index contributed by atoms with van der Waals surface area (Å²) < 4.78 is 0. The Kier molecular flexibility index (Phi) is 4.64. The van der Waals surface area contributed by atoms with E-state index in [0.717, 1.165) is 22.9 Å². The van der Waals surface area contributed by atoms with E-state index in [1.54, 1.807) is 0 Å². The van der Waals surface area contributed by atoms with Crippen molar-refractivity contribution in [2.45, 2.75) is 27.2 Å². The molecule has 0 radical (unpaired) electrons. The van der Waals surface area contributed by atoms with Gasteiger partial charge in [-0.15, -0.1) is 0 Å². The van der Waals surface area contributed by atoms with Crippen molar-refractivity contribution in [1.82, 2.24) is 9.97 Å². The van der Waals surface area contributed by atoms with Crippen LogP contribution in [0.3, 0.4) is 0 Å². The van der Waals surface area contributed by atoms with Gasteiger partial charge in [-0.05, 0) is 18.1 Å². The van der Waals surface area contributed by atoms with Crippen molar-refractivity contribution in [3.8, 4) is 0 Å². The highest BCUT2D eigenvalue weighted by Crippen LogP contribution is 2.12. The van der Waals surface area contributed by atoms with E-state index in [2.05, 4.69) is 44.3 Å². The number of benzene rings is 1. The second-order valence-electron chi connectivity index (χ2n) is 2.97. The molecule has 1 aromatic carbocycles. The number of hydrogen-bond acceptors (Lipinski definition) is 2. The second-order valence-corrected chi connectivity index (χ2v) is 3.49. The van der Waals surface area contributed by atoms with E-state index in [-0.39, 0.29) is 0 Å². The lowest BCUT2D eigenvalue weighted by Crippen LogP contribution is -2.02. The Balaban J connectivity index is 0.000000531. The van der Waals surface area contributed by atoms with Crippen molar-refractivity contribution in [3.63, 3.8) is 0 Å². The molecule has 3 heteroatoms. The van der Waals surface area contributed by atoms with Gasteiger partial charge in [0.2, 0.25) is 0 Å². The molecule has 2 nitrogen and oxygen atoms in total. The molecule has 0 bridgehead atoms. The van der Waals surface area contributed by atoms with Crippen LogP contribution in [-0.4, -0.2) is 9.97 Å². The standard InChI is InChI=1S/C10H11N2P.C2H6/c1-2-7-3-4-8-6-11-10(13)12-9(8)5-7;1-2/h3-6H,2,13H2,1H3;1-2H3. The summed E-state index contributed by atoms with van der Waals surface area (Å²) in [5.74, 6) is 0. The Morgan fingerprint density at radius 3 is 2.67 bits per heavy atom. The molecule has 0 saturated heterocycles. The fourth-order valence-electron chi connectivity index (χ4n) is 1.30. The van der Waals surface area contributed by atoms with Gasteiger partial charge in [-0.3, -0.25) is 0 Å². The lowest BCUT2D eigenvalue weighted by atomic mass is 10.1. The van der Waals surface area contributed by atoms with Crippen LogP contribution in [0.4, 0.5) is 0 Å². The van der Waals surface area contributed by atoms with Gasteiger partial charge in [-0.2, -0.15) is 0 Å². The SMILES string of the molecule is CC.CCc1ccc2cnc(P)nc2c1. The molecule has 0 aliphatic rings. The highest BCUT2D eigenvalue weighted by Gasteiger charge is 1.97. The molecule has 0 aliphatic carbocycles. The maximum absolute atomic E-state index is 4.34. The van der Waals surface area contributed by atoms with E-state index < -0.39 is 0 Å². The number of aromatic nitrogens is 2. The smallest absolute Gasteiger partial charge is 0.145 e. The van der Waals surface area contributed by atoms with Crippen LogP contribution in [0, 0.1) is 0 Å². The number of aryl methyl sites for hydroxylation is 1. The van der Waals surface area contributed by atoms with Crippen molar-refractivity contribution < 1.29 is 0 Å². The minimum Gasteiger partial charge on any atom is -0.237 e. The van der Waals surface area contributed by atoms with Crippen LogP contribution in [-0.2, 0) is 6.42 Å². The quantitative estimate of drug-likeness (QED) is 0.690. The average molecular weight is 220 g/mol. The molecule has 1 atom stereocenters. The first-order valence-corrected chi connectivity index (χ1v) is 5.88. The third-order valence-corrected chi connectivity index (χ3v) is 2.35. The molecule has 0 aliphatic heterocycles. The van der Waals surface area contributed by atoms with Crippen molar-refractivity contribution in [2.75, 3.05) is 0 Å². The minimum absolute atomic E-state index is 0.751. The maximum atomic E-state index is 4.34. The van der Waals surface area contributed by atoms with Gasteiger partial charge in [-0.1, -0.05) is 42.1 Å². The van der Waals surface area contributed by atoms with Crippen LogP contribution < -0.4 is 5.57 Å². The molecule has 2 aromatic rings. The van der Waals surface area contributed by atoms with Crippen LogP contribution in [0.1, 0.15) is 26.3 Å². The fourth-order valence-corrected chi connectivity index (χ4v) is 1.52. The molecule has 2 rings (SSSR count). The van der Waals surface area contributed by atoms with Crippen LogP contribution in [0.15, 0.2) is 24.4 Å². The minimum atomic E-state index is 0.751. The summed E-state index contributed by atoms with van der Waals surface area (Å²) in [7, 11) is 2.51. The molecule has 1 aromatic heterocycles. The molecule has 1 unspecified atom stereocenters. The molecular formula is C12H17N2P. The molecule has 0 spiro atoms. The summed E-state index contributed by atoms with van der Waals surface area (Å²) in [6.07, 6.45) is 2.90. The van der Waals surface area contributed by atoms with Crippen molar-refractivity contribution >= 4 is 25.7 Å². The lowest BCUT2D eigenvalue weighted by molar-refractivity contribution is 1.14. The van der Waals surface area contributed by atoms with Crippen molar-refractivity contribution in [1.29, 1.82) is 0 Å². The monoisotopic (exact) mass is 220 g/mol. The molecular weight excluding hydrogens is 203 g/mol. The van der Waals surface area contributed by atoms with Gasteiger partial charge >= 0.3 is 0 Å². The highest BCUT2D eigenvalue weighted by molar-refractivity contribution is 7.26. The van der Waals surface area contributed by atoms with Gasteiger partial charge < -0.3 is 0 Å². The van der Waals surface area contributed by atoms with E-state index in [9.17, 15) is 0 Å². The van der Waals surface area contributed by atoms with Crippen molar-refractivity contribution in [3.05, 3.63) is 30.0 Å². The number of hydrogen-bond donors (Lipinski definition) is 0. The largest absolute Gasteiger partial charge is 0.237 e. The molecule has 0 amide bonds. The zero-order valence-electron chi connectivity index (χ0n) is 9.49. The number of fused-ring (bicyclic) bond motifs is 1. The lowest BCUT2D eigenvalue weighted by Gasteiger charge is -2.00. The Labute approximate surface area is 93.3 Å². The molecule has 0 fully saturated rings. The van der Waals surface area contributed by atoms with Crippen LogP contribution >= 0.6 is 9.24 Å². The van der Waals surface area contributed by atoms with Gasteiger partial charge in [0, 0.05) is 11.6 Å². The van der Waals surface area contributed by atoms with E-state index in [1.807, 2.05) is 20.0 Å². The molecule has 0 saturated carbocycles. The van der Waals surface area contributed by atoms with E-state index in [4.69, 9.17) is 0 Å². The normalized spacial score (nSPS) is 9.60. The first-order chi connectivity index (χ1) is 7.29. The summed E-state index contributed by atoms with van der Waals surface area (Å²) in [5.41, 5.74) is 3.09. The van der Waals surface area contributed by atoms with Crippen LogP contribution in [0.25, 0.3) is 10.9 Å². The van der Waals surface area contributed by atoms with E-state index >= 15 is 0 Å². The van der Waals surface area contributed by atoms with E-state index in [1.165, 1.54) is 5.56 Å². The van der Waals surface area contributed by atoms with Crippen molar-refractivity contribution in [2.24, 2.45) is 0 Å². The first kappa shape index (κ1) is 12.1.